The molecule has 0 radical (unpaired) electrons. The predicted molar refractivity (Wildman–Crippen MR) is 139 cm³/mol. The summed E-state index contributed by atoms with van der Waals surface area (Å²) in [6.07, 6.45) is -2.61. The Bertz CT molecular complexity index is 1360. The fraction of sp³-hybridized carbons (Fsp3) is 0.346. The highest BCUT2D eigenvalue weighted by Gasteiger charge is 2.39. The van der Waals surface area contributed by atoms with Crippen LogP contribution in [0.4, 0.5) is 35.2 Å². The van der Waals surface area contributed by atoms with E-state index in [1.165, 1.54) is 29.3 Å². The number of pyridine rings is 2. The van der Waals surface area contributed by atoms with Gasteiger partial charge in [0.1, 0.15) is 12.7 Å². The van der Waals surface area contributed by atoms with E-state index in [4.69, 9.17) is 21.4 Å². The normalized spacial score (nSPS) is 17.4. The first-order valence-electron chi connectivity index (χ1n) is 12.2. The molecule has 2 aromatic heterocycles. The second-order valence-electron chi connectivity index (χ2n) is 9.31. The number of hydrogen-bond acceptors (Lipinski definition) is 7. The zero-order valence-corrected chi connectivity index (χ0v) is 21.3. The molecule has 1 aromatic carbocycles. The zero-order valence-electron chi connectivity index (χ0n) is 20.5. The minimum absolute atomic E-state index is 0.139. The number of benzene rings is 1. The molecule has 0 aliphatic carbocycles. The van der Waals surface area contributed by atoms with Gasteiger partial charge in [-0.15, -0.1) is 0 Å². The lowest BCUT2D eigenvalue weighted by molar-refractivity contribution is -0.137. The molecule has 9 nitrogen and oxygen atoms in total. The molecule has 39 heavy (non-hydrogen) atoms. The molecule has 1 unspecified atom stereocenters. The number of carbonyl (C=O) groups excluding carboxylic acids is 1. The number of urea groups is 1. The first-order valence-corrected chi connectivity index (χ1v) is 12.6. The van der Waals surface area contributed by atoms with Crippen LogP contribution in [-0.4, -0.2) is 64.7 Å². The van der Waals surface area contributed by atoms with Crippen molar-refractivity contribution in [3.05, 3.63) is 59.2 Å². The van der Waals surface area contributed by atoms with Crippen LogP contribution in [0.3, 0.4) is 0 Å². The van der Waals surface area contributed by atoms with Crippen molar-refractivity contribution in [3.8, 4) is 17.1 Å². The van der Waals surface area contributed by atoms with Crippen molar-refractivity contribution in [1.29, 1.82) is 0 Å². The number of halogens is 4. The molecule has 2 amide bonds. The SMILES string of the molecule is O=C(Nc1ccc(OCC(O)CO)nc1)N1c2nc(-c3cccc(C(F)(F)F)c3)c(Cl)cc2N2CCC[C@H]1C2. The highest BCUT2D eigenvalue weighted by atomic mass is 35.5. The van der Waals surface area contributed by atoms with Crippen molar-refractivity contribution >= 4 is 34.8 Å². The third-order valence-corrected chi connectivity index (χ3v) is 6.86. The molecule has 2 bridgehead atoms. The first-order chi connectivity index (χ1) is 18.6. The van der Waals surface area contributed by atoms with Crippen LogP contribution in [0.25, 0.3) is 11.3 Å². The average molecular weight is 564 g/mol. The lowest BCUT2D eigenvalue weighted by Crippen LogP contribution is -2.56. The van der Waals surface area contributed by atoms with E-state index in [0.717, 1.165) is 31.5 Å². The molecule has 4 heterocycles. The van der Waals surface area contributed by atoms with Crippen molar-refractivity contribution < 1.29 is 32.9 Å². The van der Waals surface area contributed by atoms with Crippen LogP contribution < -0.4 is 19.9 Å². The molecule has 1 saturated heterocycles. The Morgan fingerprint density at radius 2 is 2.08 bits per heavy atom. The lowest BCUT2D eigenvalue weighted by Gasteiger charge is -2.46. The van der Waals surface area contributed by atoms with Gasteiger partial charge in [0.2, 0.25) is 5.88 Å². The average Bonchev–Trinajstić information content (AvgIpc) is 2.92. The topological polar surface area (TPSA) is 111 Å². The third kappa shape index (κ3) is 5.72. The van der Waals surface area contributed by atoms with Crippen molar-refractivity contribution in [1.82, 2.24) is 9.97 Å². The highest BCUT2D eigenvalue weighted by Crippen LogP contribution is 2.43. The summed E-state index contributed by atoms with van der Waals surface area (Å²) in [4.78, 5) is 25.9. The number of rotatable bonds is 6. The standard InChI is InChI=1S/C26H25ClF3N5O4/c27-20-10-21-24(33-23(20)15-3-1-4-16(9-15)26(28,29)30)35(18-5-2-8-34(21)12-18)25(38)32-17-6-7-22(31-11-17)39-14-19(37)13-36/h1,3-4,6-7,9-11,18-19,36-37H,2,5,8,12-14H2,(H,32,38)/t18-,19?/m0/s1. The van der Waals surface area contributed by atoms with Gasteiger partial charge in [-0.25, -0.2) is 14.8 Å². The molecule has 1 fully saturated rings. The Hall–Kier alpha value is -3.61. The Labute approximate surface area is 226 Å². The molecule has 3 aromatic rings. The number of carbonyl (C=O) groups is 1. The number of aliphatic hydroxyl groups is 2. The largest absolute Gasteiger partial charge is 0.475 e. The quantitative estimate of drug-likeness (QED) is 0.403. The van der Waals surface area contributed by atoms with Gasteiger partial charge >= 0.3 is 12.2 Å². The maximum Gasteiger partial charge on any atom is 0.416 e. The fourth-order valence-electron chi connectivity index (χ4n) is 4.70. The van der Waals surface area contributed by atoms with E-state index < -0.39 is 30.5 Å². The van der Waals surface area contributed by atoms with Gasteiger partial charge in [-0.2, -0.15) is 13.2 Å². The summed E-state index contributed by atoms with van der Waals surface area (Å²) in [6.45, 7) is 0.731. The Morgan fingerprint density at radius 3 is 2.79 bits per heavy atom. The maximum absolute atomic E-state index is 13.5. The van der Waals surface area contributed by atoms with Crippen LogP contribution >= 0.6 is 11.6 Å². The monoisotopic (exact) mass is 563 g/mol. The number of fused-ring (bicyclic) bond motifs is 4. The molecule has 2 atom stereocenters. The number of aromatic nitrogens is 2. The molecule has 0 spiro atoms. The van der Waals surface area contributed by atoms with E-state index in [0.29, 0.717) is 23.7 Å². The van der Waals surface area contributed by atoms with Crippen molar-refractivity contribution in [2.75, 3.05) is 41.4 Å². The Morgan fingerprint density at radius 1 is 1.26 bits per heavy atom. The van der Waals surface area contributed by atoms with Gasteiger partial charge in [0.05, 0.1) is 46.5 Å². The molecule has 0 saturated carbocycles. The summed E-state index contributed by atoms with van der Waals surface area (Å²) >= 11 is 6.53. The second-order valence-corrected chi connectivity index (χ2v) is 9.72. The van der Waals surface area contributed by atoms with Crippen LogP contribution in [0.1, 0.15) is 18.4 Å². The van der Waals surface area contributed by atoms with Gasteiger partial charge in [0.25, 0.3) is 0 Å². The fourth-order valence-corrected chi connectivity index (χ4v) is 4.96. The Kier molecular flexibility index (Phi) is 7.52. The molecule has 2 aliphatic heterocycles. The molecular formula is C26H25ClF3N5O4. The van der Waals surface area contributed by atoms with Crippen molar-refractivity contribution in [2.24, 2.45) is 0 Å². The number of nitrogens with one attached hydrogen (secondary N) is 1. The van der Waals surface area contributed by atoms with Gasteiger partial charge in [-0.3, -0.25) is 4.90 Å². The number of piperidine rings is 1. The van der Waals surface area contributed by atoms with E-state index in [2.05, 4.69) is 20.2 Å². The molecular weight excluding hydrogens is 539 g/mol. The van der Waals surface area contributed by atoms with Gasteiger partial charge in [-0.1, -0.05) is 23.7 Å². The summed E-state index contributed by atoms with van der Waals surface area (Å²) in [5.74, 6) is 0.514. The van der Waals surface area contributed by atoms with Gasteiger partial charge in [0, 0.05) is 24.7 Å². The molecule has 206 valence electrons. The number of amides is 2. The summed E-state index contributed by atoms with van der Waals surface area (Å²) in [6, 6.07) is 8.82. The third-order valence-electron chi connectivity index (χ3n) is 6.57. The van der Waals surface area contributed by atoms with E-state index in [9.17, 15) is 23.1 Å². The smallest absolute Gasteiger partial charge is 0.416 e. The molecule has 13 heteroatoms. The van der Waals surface area contributed by atoms with E-state index in [-0.39, 0.29) is 34.8 Å². The van der Waals surface area contributed by atoms with Crippen LogP contribution in [0.5, 0.6) is 5.88 Å². The van der Waals surface area contributed by atoms with Crippen LogP contribution in [-0.2, 0) is 6.18 Å². The van der Waals surface area contributed by atoms with E-state index in [1.54, 1.807) is 12.1 Å². The highest BCUT2D eigenvalue weighted by molar-refractivity contribution is 6.33. The second kappa shape index (κ2) is 10.9. The minimum Gasteiger partial charge on any atom is -0.475 e. The zero-order chi connectivity index (χ0) is 27.7. The van der Waals surface area contributed by atoms with Crippen molar-refractivity contribution in [3.63, 3.8) is 0 Å². The van der Waals surface area contributed by atoms with Crippen molar-refractivity contribution in [2.45, 2.75) is 31.2 Å². The molecule has 5 rings (SSSR count). The summed E-state index contributed by atoms with van der Waals surface area (Å²) in [5, 5.41) is 21.3. The van der Waals surface area contributed by atoms with Gasteiger partial charge in [-0.05, 0) is 37.1 Å². The van der Waals surface area contributed by atoms with Crippen LogP contribution in [0.15, 0.2) is 48.7 Å². The first kappa shape index (κ1) is 27.0. The minimum atomic E-state index is -4.53. The summed E-state index contributed by atoms with van der Waals surface area (Å²) in [5.41, 5.74) is 0.521. The summed E-state index contributed by atoms with van der Waals surface area (Å²) < 4.78 is 45.3. The van der Waals surface area contributed by atoms with Gasteiger partial charge < -0.3 is 25.2 Å². The summed E-state index contributed by atoms with van der Waals surface area (Å²) in [7, 11) is 0. The number of hydrogen-bond donors (Lipinski definition) is 3. The van der Waals surface area contributed by atoms with Crippen LogP contribution in [0, 0.1) is 0 Å². The number of ether oxygens (including phenoxy) is 1. The maximum atomic E-state index is 13.5. The number of alkyl halides is 3. The number of anilines is 3. The van der Waals surface area contributed by atoms with E-state index in [1.807, 2.05) is 0 Å². The van der Waals surface area contributed by atoms with Crippen LogP contribution in [0.2, 0.25) is 5.02 Å². The lowest BCUT2D eigenvalue weighted by atomic mass is 9.99. The Balaban J connectivity index is 1.45. The predicted octanol–water partition coefficient (Wildman–Crippen LogP) is 4.57. The van der Waals surface area contributed by atoms with E-state index >= 15 is 0 Å². The van der Waals surface area contributed by atoms with Gasteiger partial charge in [0.15, 0.2) is 5.82 Å². The molecule has 2 aliphatic rings. The molecule has 3 N–H and O–H groups in total. The number of nitrogens with zero attached hydrogens (tertiary/aromatic N) is 4. The number of aliphatic hydroxyl groups excluding tert-OH is 2.